The van der Waals surface area contributed by atoms with Crippen LogP contribution in [0.2, 0.25) is 0 Å². The number of aliphatic imine (C=N–C) groups is 1. The molecule has 11 N–H and O–H groups in total. The maximum atomic E-state index is 13.3. The summed E-state index contributed by atoms with van der Waals surface area (Å²) in [6.45, 7) is 3.10. The van der Waals surface area contributed by atoms with Crippen LogP contribution in [0.15, 0.2) is 22.4 Å². The van der Waals surface area contributed by atoms with Crippen molar-refractivity contribution in [1.82, 2.24) is 44.4 Å². The number of nitrogens with one attached hydrogen (secondary N) is 4. The number of ether oxygens (including phenoxy) is 1. The lowest BCUT2D eigenvalue weighted by Crippen LogP contribution is -2.55. The third-order valence-corrected chi connectivity index (χ3v) is 10.8. The first-order valence-corrected chi connectivity index (χ1v) is 17.1. The number of aliphatic hydroxyl groups excluding tert-OH is 2. The number of nitrogens with zero attached hydrogens (tertiary/aromatic N) is 7. The highest BCUT2D eigenvalue weighted by Crippen LogP contribution is 2.33. The number of aromatic amines is 1. The SMILES string of the molecule is CC1(C)Nc2nc(N)[nH]c(=O)c2N=C1C(=O)NCCN1CCC(S(=O)(=O)NC[C@H]2O[C@@H](n3cnc4c(N)ncnc43)[C@@H](O)C2O)CC1C(=O)O. The molecule has 0 saturated carbocycles. The number of aliphatic hydroxyl groups is 2. The lowest BCUT2D eigenvalue weighted by molar-refractivity contribution is -0.144. The molecule has 6 heterocycles. The molecule has 270 valence electrons. The Hall–Kier alpha value is -4.81. The molecule has 2 saturated heterocycles. The van der Waals surface area contributed by atoms with E-state index in [0.717, 1.165) is 0 Å². The highest BCUT2D eigenvalue weighted by atomic mass is 32.2. The average molecular weight is 720 g/mol. The Balaban J connectivity index is 1.04. The van der Waals surface area contributed by atoms with Crippen molar-refractivity contribution < 1.29 is 38.1 Å². The number of imidazole rings is 1. The summed E-state index contributed by atoms with van der Waals surface area (Å²) in [6.07, 6.45) is -2.90. The molecule has 23 heteroatoms. The molecule has 0 bridgehead atoms. The van der Waals surface area contributed by atoms with Crippen molar-refractivity contribution in [2.75, 3.05) is 43.0 Å². The van der Waals surface area contributed by atoms with E-state index < -0.39 is 75.4 Å². The first-order valence-electron chi connectivity index (χ1n) is 15.5. The number of likely N-dealkylation sites (tertiary alicyclic amines) is 1. The summed E-state index contributed by atoms with van der Waals surface area (Å²) in [5, 5.41) is 35.9. The number of carbonyl (C=O) groups is 2. The number of sulfonamides is 1. The van der Waals surface area contributed by atoms with Crippen LogP contribution in [-0.4, -0.2) is 137 Å². The summed E-state index contributed by atoms with van der Waals surface area (Å²) in [5.41, 5.74) is 10.2. The molecule has 3 aliphatic rings. The molecule has 3 aromatic rings. The Morgan fingerprint density at radius 3 is 2.68 bits per heavy atom. The van der Waals surface area contributed by atoms with Gasteiger partial charge in [0.25, 0.3) is 11.5 Å². The third-order valence-electron chi connectivity index (χ3n) is 8.93. The van der Waals surface area contributed by atoms with Crippen LogP contribution in [0, 0.1) is 0 Å². The predicted molar refractivity (Wildman–Crippen MR) is 176 cm³/mol. The number of amides is 1. The van der Waals surface area contributed by atoms with Crippen molar-refractivity contribution >= 4 is 62.0 Å². The molecule has 50 heavy (non-hydrogen) atoms. The van der Waals surface area contributed by atoms with Gasteiger partial charge < -0.3 is 42.2 Å². The van der Waals surface area contributed by atoms with Gasteiger partial charge in [0.2, 0.25) is 16.0 Å². The van der Waals surface area contributed by atoms with Gasteiger partial charge in [-0.15, -0.1) is 0 Å². The third kappa shape index (κ3) is 6.57. The Labute approximate surface area is 283 Å². The van der Waals surface area contributed by atoms with Crippen molar-refractivity contribution in [1.29, 1.82) is 0 Å². The molecule has 0 spiro atoms. The predicted octanol–water partition coefficient (Wildman–Crippen LogP) is -3.38. The van der Waals surface area contributed by atoms with Gasteiger partial charge in [-0.1, -0.05) is 0 Å². The number of hydrogen-bond acceptors (Lipinski definition) is 17. The minimum absolute atomic E-state index is 0.0000247. The summed E-state index contributed by atoms with van der Waals surface area (Å²) >= 11 is 0. The number of piperidine rings is 1. The van der Waals surface area contributed by atoms with Crippen LogP contribution in [0.3, 0.4) is 0 Å². The summed E-state index contributed by atoms with van der Waals surface area (Å²) in [4.78, 5) is 61.9. The maximum Gasteiger partial charge on any atom is 0.320 e. The number of nitrogen functional groups attached to an aromatic ring is 2. The van der Waals surface area contributed by atoms with E-state index in [1.807, 2.05) is 0 Å². The van der Waals surface area contributed by atoms with Crippen LogP contribution in [0.5, 0.6) is 0 Å². The normalized spacial score (nSPS) is 26.6. The van der Waals surface area contributed by atoms with Gasteiger partial charge in [-0.05, 0) is 26.7 Å². The highest BCUT2D eigenvalue weighted by Gasteiger charge is 2.46. The fraction of sp³-hybridized carbons (Fsp3) is 0.556. The number of nitrogens with two attached hydrogens (primary N) is 2. The Morgan fingerprint density at radius 1 is 1.18 bits per heavy atom. The molecular formula is C27H37N13O9S. The van der Waals surface area contributed by atoms with Gasteiger partial charge in [0, 0.05) is 26.2 Å². The van der Waals surface area contributed by atoms with Gasteiger partial charge in [0.15, 0.2) is 29.2 Å². The number of carbonyl (C=O) groups excluding carboxylic acids is 1. The lowest BCUT2D eigenvalue weighted by Gasteiger charge is -2.37. The van der Waals surface area contributed by atoms with E-state index in [2.05, 4.69) is 45.3 Å². The number of aromatic nitrogens is 6. The summed E-state index contributed by atoms with van der Waals surface area (Å²) < 4.78 is 36.2. The zero-order valence-electron chi connectivity index (χ0n) is 26.8. The quantitative estimate of drug-likeness (QED) is 0.0987. The van der Waals surface area contributed by atoms with Gasteiger partial charge >= 0.3 is 5.97 Å². The molecule has 1 amide bonds. The van der Waals surface area contributed by atoms with E-state index in [1.54, 1.807) is 18.7 Å². The second-order valence-corrected chi connectivity index (χ2v) is 14.7. The number of carboxylic acids is 1. The summed E-state index contributed by atoms with van der Waals surface area (Å²) in [5.74, 6) is -1.72. The van der Waals surface area contributed by atoms with Crippen LogP contribution >= 0.6 is 0 Å². The van der Waals surface area contributed by atoms with Crippen LogP contribution in [0.25, 0.3) is 11.2 Å². The van der Waals surface area contributed by atoms with Gasteiger partial charge in [0.05, 0.1) is 17.1 Å². The topological polar surface area (TPSA) is 331 Å². The van der Waals surface area contributed by atoms with Crippen molar-refractivity contribution in [3.8, 4) is 0 Å². The molecule has 2 fully saturated rings. The van der Waals surface area contributed by atoms with E-state index in [-0.39, 0.29) is 72.6 Å². The number of anilines is 3. The fourth-order valence-corrected chi connectivity index (χ4v) is 7.79. The monoisotopic (exact) mass is 719 g/mol. The van der Waals surface area contributed by atoms with Crippen LogP contribution in [-0.2, 0) is 24.3 Å². The molecule has 3 unspecified atom stereocenters. The van der Waals surface area contributed by atoms with Crippen molar-refractivity contribution in [3.05, 3.63) is 23.0 Å². The molecule has 0 aromatic carbocycles. The summed E-state index contributed by atoms with van der Waals surface area (Å²) in [7, 11) is -4.11. The number of carboxylic acid groups (broad SMARTS) is 1. The average Bonchev–Trinajstić information content (AvgIpc) is 3.60. The van der Waals surface area contributed by atoms with Crippen LogP contribution in [0.4, 0.5) is 23.3 Å². The Kier molecular flexibility index (Phi) is 9.21. The van der Waals surface area contributed by atoms with E-state index in [4.69, 9.17) is 16.2 Å². The van der Waals surface area contributed by atoms with E-state index in [9.17, 15) is 38.1 Å². The van der Waals surface area contributed by atoms with E-state index in [1.165, 1.54) is 17.2 Å². The zero-order chi connectivity index (χ0) is 36.1. The largest absolute Gasteiger partial charge is 0.480 e. The number of hydrogen-bond donors (Lipinski definition) is 9. The maximum absolute atomic E-state index is 13.3. The van der Waals surface area contributed by atoms with Crippen molar-refractivity contribution in [2.45, 2.75) is 68.1 Å². The fourth-order valence-electron chi connectivity index (χ4n) is 6.30. The molecule has 0 radical (unpaired) electrons. The first kappa shape index (κ1) is 35.0. The second-order valence-electron chi connectivity index (χ2n) is 12.7. The minimum atomic E-state index is -4.11. The highest BCUT2D eigenvalue weighted by molar-refractivity contribution is 7.90. The van der Waals surface area contributed by atoms with Crippen LogP contribution in [0.1, 0.15) is 32.9 Å². The van der Waals surface area contributed by atoms with Crippen molar-refractivity contribution in [2.24, 2.45) is 4.99 Å². The molecular weight excluding hydrogens is 682 g/mol. The zero-order valence-corrected chi connectivity index (χ0v) is 27.7. The molecule has 3 aliphatic heterocycles. The molecule has 6 atom stereocenters. The lowest BCUT2D eigenvalue weighted by atomic mass is 9.95. The second kappa shape index (κ2) is 13.1. The standard InChI is InChI=1S/C27H37N13O9S/c1-27(2)18(35-15-20(38-27)36-26(29)37-22(15)43)23(44)30-4-6-39-5-3-11(7-12(39)25(45)46)50(47,48)34-8-13-16(41)17(42)24(49-13)40-10-33-14-19(28)31-9-32-21(14)40/h9-13,16-17,24,34,41-42H,3-8H2,1-2H3,(H,30,44)(H,45,46)(H2,28,31,32)(H4,29,36,37,38,43)/t11?,12?,13-,16?,17+,24-/m1/s1. The summed E-state index contributed by atoms with van der Waals surface area (Å²) in [6, 6.07) is -1.18. The number of fused-ring (bicyclic) bond motifs is 2. The van der Waals surface area contributed by atoms with Crippen LogP contribution < -0.4 is 32.4 Å². The molecule has 3 aromatic heterocycles. The first-order chi connectivity index (χ1) is 23.6. The minimum Gasteiger partial charge on any atom is -0.480 e. The number of H-pyrrole nitrogens is 1. The Bertz CT molecular complexity index is 2020. The van der Waals surface area contributed by atoms with Crippen molar-refractivity contribution in [3.63, 3.8) is 0 Å². The molecule has 6 rings (SSSR count). The van der Waals surface area contributed by atoms with Gasteiger partial charge in [-0.3, -0.25) is 28.8 Å². The van der Waals surface area contributed by atoms with Gasteiger partial charge in [-0.2, -0.15) is 4.98 Å². The molecule has 0 aliphatic carbocycles. The van der Waals surface area contributed by atoms with E-state index >= 15 is 0 Å². The van der Waals surface area contributed by atoms with Gasteiger partial charge in [0.1, 0.15) is 41.9 Å². The Morgan fingerprint density at radius 2 is 1.94 bits per heavy atom. The number of rotatable bonds is 10. The smallest absolute Gasteiger partial charge is 0.320 e. The van der Waals surface area contributed by atoms with Gasteiger partial charge in [-0.25, -0.2) is 33.1 Å². The molecule has 22 nitrogen and oxygen atoms in total. The van der Waals surface area contributed by atoms with E-state index in [0.29, 0.717) is 0 Å². The number of aliphatic carboxylic acids is 1.